The van der Waals surface area contributed by atoms with E-state index in [1.165, 1.54) is 0 Å². The summed E-state index contributed by atoms with van der Waals surface area (Å²) in [5.74, 6) is 0.0565. The van der Waals surface area contributed by atoms with Crippen LogP contribution < -0.4 is 5.32 Å². The topological polar surface area (TPSA) is 57.8 Å². The van der Waals surface area contributed by atoms with Crippen molar-refractivity contribution in [3.05, 3.63) is 66.0 Å². The van der Waals surface area contributed by atoms with Gasteiger partial charge in [-0.2, -0.15) is 0 Å². The average molecular weight is 321 g/mol. The van der Waals surface area contributed by atoms with Gasteiger partial charge in [0.05, 0.1) is 23.4 Å². The second-order valence-electron chi connectivity index (χ2n) is 7.33. The number of imidazole rings is 1. The molecule has 0 fully saturated rings. The molecule has 0 aliphatic carbocycles. The number of H-pyrrole nitrogens is 1. The molecule has 0 radical (unpaired) electrons. The Kier molecular flexibility index (Phi) is 4.38. The van der Waals surface area contributed by atoms with Gasteiger partial charge in [-0.3, -0.25) is 4.79 Å². The van der Waals surface area contributed by atoms with Gasteiger partial charge < -0.3 is 10.3 Å². The molecule has 1 heterocycles. The minimum absolute atomic E-state index is 0.0430. The summed E-state index contributed by atoms with van der Waals surface area (Å²) >= 11 is 0. The number of fused-ring (bicyclic) bond motifs is 1. The first-order chi connectivity index (χ1) is 11.4. The Morgan fingerprint density at radius 2 is 1.88 bits per heavy atom. The van der Waals surface area contributed by atoms with E-state index < -0.39 is 0 Å². The van der Waals surface area contributed by atoms with E-state index in [0.29, 0.717) is 6.42 Å². The Morgan fingerprint density at radius 3 is 2.58 bits per heavy atom. The highest BCUT2D eigenvalue weighted by atomic mass is 16.1. The van der Waals surface area contributed by atoms with Crippen molar-refractivity contribution >= 4 is 16.9 Å². The molecular formula is C20H23N3O. The van der Waals surface area contributed by atoms with Gasteiger partial charge in [-0.25, -0.2) is 4.98 Å². The van der Waals surface area contributed by atoms with Crippen LogP contribution in [0.25, 0.3) is 11.0 Å². The number of hydrogen-bond donors (Lipinski definition) is 2. The molecule has 2 N–H and O–H groups in total. The van der Waals surface area contributed by atoms with E-state index in [0.717, 1.165) is 22.2 Å². The molecule has 0 saturated heterocycles. The summed E-state index contributed by atoms with van der Waals surface area (Å²) in [6.45, 7) is 6.21. The van der Waals surface area contributed by atoms with E-state index in [4.69, 9.17) is 0 Å². The van der Waals surface area contributed by atoms with Gasteiger partial charge in [0.25, 0.3) is 0 Å². The Morgan fingerprint density at radius 1 is 1.12 bits per heavy atom. The first-order valence-corrected chi connectivity index (χ1v) is 8.20. The summed E-state index contributed by atoms with van der Waals surface area (Å²) in [7, 11) is 0. The maximum Gasteiger partial charge on any atom is 0.221 e. The zero-order chi connectivity index (χ0) is 17.2. The van der Waals surface area contributed by atoms with Crippen molar-refractivity contribution in [2.45, 2.75) is 33.2 Å². The van der Waals surface area contributed by atoms with Crippen LogP contribution in [0.15, 0.2) is 54.9 Å². The molecule has 124 valence electrons. The highest BCUT2D eigenvalue weighted by Gasteiger charge is 2.21. The van der Waals surface area contributed by atoms with E-state index in [1.807, 2.05) is 42.5 Å². The van der Waals surface area contributed by atoms with Crippen LogP contribution in [0.1, 0.15) is 44.4 Å². The number of rotatable bonds is 4. The van der Waals surface area contributed by atoms with Gasteiger partial charge in [-0.05, 0) is 28.7 Å². The number of carbonyl (C=O) groups excluding carboxylic acids is 1. The first-order valence-electron chi connectivity index (χ1n) is 8.20. The molecule has 2 aromatic carbocycles. The summed E-state index contributed by atoms with van der Waals surface area (Å²) in [6, 6.07) is 15.9. The number of aromatic nitrogens is 2. The van der Waals surface area contributed by atoms with E-state index in [-0.39, 0.29) is 17.4 Å². The summed E-state index contributed by atoms with van der Waals surface area (Å²) < 4.78 is 0. The lowest BCUT2D eigenvalue weighted by Gasteiger charge is -2.23. The van der Waals surface area contributed by atoms with Crippen molar-refractivity contribution in [3.8, 4) is 0 Å². The third-order valence-electron chi connectivity index (χ3n) is 3.91. The SMILES string of the molecule is CC(C)(C)CC(=O)N[C@H](c1ccccc1)c1ccc2nc[nH]c2c1. The molecule has 1 atom stereocenters. The van der Waals surface area contributed by atoms with Crippen molar-refractivity contribution in [1.82, 2.24) is 15.3 Å². The predicted octanol–water partition coefficient (Wildman–Crippen LogP) is 4.20. The fourth-order valence-electron chi connectivity index (χ4n) is 2.83. The van der Waals surface area contributed by atoms with Crippen LogP contribution in [-0.4, -0.2) is 15.9 Å². The first kappa shape index (κ1) is 16.2. The molecule has 4 heteroatoms. The van der Waals surface area contributed by atoms with Crippen molar-refractivity contribution in [1.29, 1.82) is 0 Å². The van der Waals surface area contributed by atoms with Crippen LogP contribution in [0.5, 0.6) is 0 Å². The fraction of sp³-hybridized carbons (Fsp3) is 0.300. The lowest BCUT2D eigenvalue weighted by molar-refractivity contribution is -0.123. The van der Waals surface area contributed by atoms with Gasteiger partial charge in [0.1, 0.15) is 0 Å². The molecule has 0 spiro atoms. The standard InChI is InChI=1S/C20H23N3O/c1-20(2,3)12-18(24)23-19(14-7-5-4-6-8-14)15-9-10-16-17(11-15)22-13-21-16/h4-11,13,19H,12H2,1-3H3,(H,21,22)(H,23,24)/t19-/m1/s1. The average Bonchev–Trinajstić information content (AvgIpc) is 2.99. The largest absolute Gasteiger partial charge is 0.345 e. The molecular weight excluding hydrogens is 298 g/mol. The molecule has 0 bridgehead atoms. The van der Waals surface area contributed by atoms with Crippen molar-refractivity contribution < 1.29 is 4.79 Å². The van der Waals surface area contributed by atoms with Crippen LogP contribution in [-0.2, 0) is 4.79 Å². The molecule has 24 heavy (non-hydrogen) atoms. The molecule has 3 rings (SSSR count). The van der Waals surface area contributed by atoms with Gasteiger partial charge in [0, 0.05) is 6.42 Å². The Labute approximate surface area is 142 Å². The molecule has 0 unspecified atom stereocenters. The van der Waals surface area contributed by atoms with Gasteiger partial charge in [0.15, 0.2) is 0 Å². The Hall–Kier alpha value is -2.62. The molecule has 4 nitrogen and oxygen atoms in total. The van der Waals surface area contributed by atoms with Gasteiger partial charge >= 0.3 is 0 Å². The normalized spacial score (nSPS) is 13.0. The Balaban J connectivity index is 1.94. The molecule has 0 saturated carbocycles. The fourth-order valence-corrected chi connectivity index (χ4v) is 2.83. The van der Waals surface area contributed by atoms with Crippen LogP contribution >= 0.6 is 0 Å². The third kappa shape index (κ3) is 3.82. The number of carbonyl (C=O) groups is 1. The Bertz CT molecular complexity index is 831. The predicted molar refractivity (Wildman–Crippen MR) is 96.6 cm³/mol. The van der Waals surface area contributed by atoms with Gasteiger partial charge in [-0.1, -0.05) is 57.2 Å². The number of aromatic amines is 1. The quantitative estimate of drug-likeness (QED) is 0.756. The van der Waals surface area contributed by atoms with E-state index in [2.05, 4.69) is 42.1 Å². The lowest BCUT2D eigenvalue weighted by Crippen LogP contribution is -2.32. The van der Waals surface area contributed by atoms with E-state index in [1.54, 1.807) is 6.33 Å². The van der Waals surface area contributed by atoms with Crippen LogP contribution in [0.2, 0.25) is 0 Å². The van der Waals surface area contributed by atoms with Gasteiger partial charge in [0.2, 0.25) is 5.91 Å². The molecule has 0 aliphatic rings. The zero-order valence-corrected chi connectivity index (χ0v) is 14.3. The minimum Gasteiger partial charge on any atom is -0.345 e. The second-order valence-corrected chi connectivity index (χ2v) is 7.33. The molecule has 3 aromatic rings. The maximum atomic E-state index is 12.5. The van der Waals surface area contributed by atoms with Gasteiger partial charge in [-0.15, -0.1) is 0 Å². The third-order valence-corrected chi connectivity index (χ3v) is 3.91. The minimum atomic E-state index is -0.172. The number of nitrogens with one attached hydrogen (secondary N) is 2. The molecule has 1 amide bonds. The highest BCUT2D eigenvalue weighted by Crippen LogP contribution is 2.26. The summed E-state index contributed by atoms with van der Waals surface area (Å²) in [5.41, 5.74) is 3.96. The summed E-state index contributed by atoms with van der Waals surface area (Å²) in [5, 5.41) is 3.19. The number of benzene rings is 2. The second kappa shape index (κ2) is 6.48. The summed E-state index contributed by atoms with van der Waals surface area (Å²) in [6.07, 6.45) is 2.17. The van der Waals surface area contributed by atoms with Crippen molar-refractivity contribution in [3.63, 3.8) is 0 Å². The highest BCUT2D eigenvalue weighted by molar-refractivity contribution is 5.79. The van der Waals surface area contributed by atoms with Crippen molar-refractivity contribution in [2.24, 2.45) is 5.41 Å². The van der Waals surface area contributed by atoms with E-state index in [9.17, 15) is 4.79 Å². The smallest absolute Gasteiger partial charge is 0.221 e. The lowest BCUT2D eigenvalue weighted by atomic mass is 9.91. The van der Waals surface area contributed by atoms with Crippen molar-refractivity contribution in [2.75, 3.05) is 0 Å². The zero-order valence-electron chi connectivity index (χ0n) is 14.3. The van der Waals surface area contributed by atoms with E-state index >= 15 is 0 Å². The molecule has 1 aromatic heterocycles. The number of amides is 1. The monoisotopic (exact) mass is 321 g/mol. The maximum absolute atomic E-state index is 12.5. The summed E-state index contributed by atoms with van der Waals surface area (Å²) in [4.78, 5) is 19.9. The number of hydrogen-bond acceptors (Lipinski definition) is 2. The molecule has 0 aliphatic heterocycles. The number of nitrogens with zero attached hydrogens (tertiary/aromatic N) is 1. The van der Waals surface area contributed by atoms with Crippen LogP contribution in [0.3, 0.4) is 0 Å². The van der Waals surface area contributed by atoms with Crippen LogP contribution in [0.4, 0.5) is 0 Å². The van der Waals surface area contributed by atoms with Crippen LogP contribution in [0, 0.1) is 5.41 Å².